The van der Waals surface area contributed by atoms with E-state index in [0.29, 0.717) is 12.2 Å². The first-order chi connectivity index (χ1) is 9.20. The van der Waals surface area contributed by atoms with E-state index in [-0.39, 0.29) is 12.5 Å². The Morgan fingerprint density at radius 1 is 1.42 bits per heavy atom. The van der Waals surface area contributed by atoms with E-state index in [4.69, 9.17) is 6.42 Å². The minimum atomic E-state index is -0.225. The van der Waals surface area contributed by atoms with E-state index in [1.165, 1.54) is 4.90 Å². The Morgan fingerprint density at radius 2 is 2.16 bits per heavy atom. The van der Waals surface area contributed by atoms with Crippen LogP contribution in [0.2, 0.25) is 0 Å². The standard InChI is InChI=1S/C14H14N4O/c1-3-9-17(2)14(19)13-11-18(16-15-13)10-12-7-5-4-6-8-12/h1,4-8,11H,9-10H2,2H3. The lowest BCUT2D eigenvalue weighted by Crippen LogP contribution is -2.27. The van der Waals surface area contributed by atoms with Gasteiger partial charge in [-0.2, -0.15) is 0 Å². The van der Waals surface area contributed by atoms with Crippen molar-refractivity contribution in [2.75, 3.05) is 13.6 Å². The summed E-state index contributed by atoms with van der Waals surface area (Å²) in [6.07, 6.45) is 6.79. The zero-order valence-electron chi connectivity index (χ0n) is 10.7. The second kappa shape index (κ2) is 5.83. The first-order valence-corrected chi connectivity index (χ1v) is 5.83. The zero-order valence-corrected chi connectivity index (χ0v) is 10.7. The van der Waals surface area contributed by atoms with E-state index in [2.05, 4.69) is 16.2 Å². The molecule has 1 aromatic carbocycles. The first-order valence-electron chi connectivity index (χ1n) is 5.83. The molecule has 1 amide bonds. The molecule has 19 heavy (non-hydrogen) atoms. The van der Waals surface area contributed by atoms with Crippen LogP contribution in [0.5, 0.6) is 0 Å². The van der Waals surface area contributed by atoms with Crippen molar-refractivity contribution in [3.63, 3.8) is 0 Å². The SMILES string of the molecule is C#CCN(C)C(=O)c1cn(Cc2ccccc2)nn1. The lowest BCUT2D eigenvalue weighted by atomic mass is 10.2. The number of benzene rings is 1. The number of nitrogens with zero attached hydrogens (tertiary/aromatic N) is 4. The number of hydrogen-bond donors (Lipinski definition) is 0. The van der Waals surface area contributed by atoms with E-state index in [0.717, 1.165) is 5.56 Å². The monoisotopic (exact) mass is 254 g/mol. The Kier molecular flexibility index (Phi) is 3.94. The van der Waals surface area contributed by atoms with Crippen LogP contribution in [-0.4, -0.2) is 39.4 Å². The van der Waals surface area contributed by atoms with Crippen molar-refractivity contribution >= 4 is 5.91 Å². The summed E-state index contributed by atoms with van der Waals surface area (Å²) in [5.41, 5.74) is 1.40. The molecule has 0 N–H and O–H groups in total. The molecule has 0 aliphatic heterocycles. The van der Waals surface area contributed by atoms with Crippen molar-refractivity contribution in [3.8, 4) is 12.3 Å². The van der Waals surface area contributed by atoms with E-state index in [9.17, 15) is 4.79 Å². The summed E-state index contributed by atoms with van der Waals surface area (Å²) in [6, 6.07) is 9.86. The van der Waals surface area contributed by atoms with Crippen LogP contribution in [0, 0.1) is 12.3 Å². The molecule has 2 rings (SSSR count). The Hall–Kier alpha value is -2.61. The molecule has 2 aromatic rings. The number of aromatic nitrogens is 3. The Morgan fingerprint density at radius 3 is 2.84 bits per heavy atom. The zero-order chi connectivity index (χ0) is 13.7. The van der Waals surface area contributed by atoms with Crippen LogP contribution >= 0.6 is 0 Å². The van der Waals surface area contributed by atoms with Crippen molar-refractivity contribution in [1.82, 2.24) is 19.9 Å². The van der Waals surface area contributed by atoms with Gasteiger partial charge in [0.15, 0.2) is 5.69 Å². The number of rotatable bonds is 4. The summed E-state index contributed by atoms with van der Waals surface area (Å²) in [5, 5.41) is 7.81. The molecular formula is C14H14N4O. The summed E-state index contributed by atoms with van der Waals surface area (Å²) in [7, 11) is 1.64. The molecule has 96 valence electrons. The fraction of sp³-hybridized carbons (Fsp3) is 0.214. The smallest absolute Gasteiger partial charge is 0.276 e. The van der Waals surface area contributed by atoms with Gasteiger partial charge in [0, 0.05) is 7.05 Å². The average Bonchev–Trinajstić information content (AvgIpc) is 2.88. The molecule has 0 aliphatic rings. The van der Waals surface area contributed by atoms with Gasteiger partial charge in [-0.3, -0.25) is 4.79 Å². The van der Waals surface area contributed by atoms with Crippen LogP contribution < -0.4 is 0 Å². The van der Waals surface area contributed by atoms with Crippen LogP contribution in [0.4, 0.5) is 0 Å². The van der Waals surface area contributed by atoms with Gasteiger partial charge >= 0.3 is 0 Å². The van der Waals surface area contributed by atoms with Crippen molar-refractivity contribution in [1.29, 1.82) is 0 Å². The van der Waals surface area contributed by atoms with Gasteiger partial charge in [-0.25, -0.2) is 4.68 Å². The summed E-state index contributed by atoms with van der Waals surface area (Å²) in [6.45, 7) is 0.838. The molecule has 0 bridgehead atoms. The maximum Gasteiger partial charge on any atom is 0.276 e. The molecule has 1 aromatic heterocycles. The van der Waals surface area contributed by atoms with Crippen LogP contribution in [0.15, 0.2) is 36.5 Å². The van der Waals surface area contributed by atoms with Gasteiger partial charge in [0.05, 0.1) is 19.3 Å². The van der Waals surface area contributed by atoms with Gasteiger partial charge in [-0.1, -0.05) is 41.5 Å². The molecule has 0 spiro atoms. The molecule has 0 radical (unpaired) electrons. The highest BCUT2D eigenvalue weighted by molar-refractivity contribution is 5.91. The number of carbonyl (C=O) groups is 1. The highest BCUT2D eigenvalue weighted by atomic mass is 16.2. The molecule has 5 nitrogen and oxygen atoms in total. The van der Waals surface area contributed by atoms with Gasteiger partial charge in [0.1, 0.15) is 0 Å². The van der Waals surface area contributed by atoms with E-state index < -0.39 is 0 Å². The van der Waals surface area contributed by atoms with E-state index in [1.807, 2.05) is 30.3 Å². The largest absolute Gasteiger partial charge is 0.329 e. The van der Waals surface area contributed by atoms with Gasteiger partial charge < -0.3 is 4.90 Å². The minimum absolute atomic E-state index is 0.225. The fourth-order valence-corrected chi connectivity index (χ4v) is 1.65. The summed E-state index contributed by atoms with van der Waals surface area (Å²) in [5.74, 6) is 2.19. The molecule has 0 atom stereocenters. The van der Waals surface area contributed by atoms with Gasteiger partial charge in [-0.15, -0.1) is 11.5 Å². The van der Waals surface area contributed by atoms with E-state index >= 15 is 0 Å². The van der Waals surface area contributed by atoms with Gasteiger partial charge in [0.25, 0.3) is 5.91 Å². The summed E-state index contributed by atoms with van der Waals surface area (Å²) >= 11 is 0. The second-order valence-electron chi connectivity index (χ2n) is 4.15. The Bertz CT molecular complexity index is 597. The number of carbonyl (C=O) groups excluding carboxylic acids is 1. The molecule has 1 heterocycles. The molecule has 0 fully saturated rings. The van der Waals surface area contributed by atoms with Crippen LogP contribution in [0.1, 0.15) is 16.1 Å². The van der Waals surface area contributed by atoms with Gasteiger partial charge in [-0.05, 0) is 5.56 Å². The van der Waals surface area contributed by atoms with Crippen molar-refractivity contribution in [2.24, 2.45) is 0 Å². The molecule has 0 saturated heterocycles. The predicted octanol–water partition coefficient (Wildman–Crippen LogP) is 1.03. The summed E-state index contributed by atoms with van der Waals surface area (Å²) in [4.78, 5) is 13.3. The fourth-order valence-electron chi connectivity index (χ4n) is 1.65. The minimum Gasteiger partial charge on any atom is -0.329 e. The van der Waals surface area contributed by atoms with Crippen molar-refractivity contribution in [2.45, 2.75) is 6.54 Å². The van der Waals surface area contributed by atoms with Crippen LogP contribution in [0.3, 0.4) is 0 Å². The number of hydrogen-bond acceptors (Lipinski definition) is 3. The number of amides is 1. The summed E-state index contributed by atoms with van der Waals surface area (Å²) < 4.78 is 1.63. The number of terminal acetylenes is 1. The first kappa shape index (κ1) is 12.8. The predicted molar refractivity (Wildman–Crippen MR) is 71.4 cm³/mol. The third-order valence-electron chi connectivity index (χ3n) is 2.62. The average molecular weight is 254 g/mol. The lowest BCUT2D eigenvalue weighted by Gasteiger charge is -2.10. The molecule has 0 saturated carbocycles. The quantitative estimate of drug-likeness (QED) is 0.766. The maximum absolute atomic E-state index is 11.9. The highest BCUT2D eigenvalue weighted by Gasteiger charge is 2.14. The molecule has 0 aliphatic carbocycles. The normalized spacial score (nSPS) is 9.89. The van der Waals surface area contributed by atoms with Crippen LogP contribution in [-0.2, 0) is 6.54 Å². The van der Waals surface area contributed by atoms with E-state index in [1.54, 1.807) is 17.9 Å². The second-order valence-corrected chi connectivity index (χ2v) is 4.15. The topological polar surface area (TPSA) is 51.0 Å². The van der Waals surface area contributed by atoms with Crippen LogP contribution in [0.25, 0.3) is 0 Å². The van der Waals surface area contributed by atoms with Crippen molar-refractivity contribution in [3.05, 3.63) is 47.8 Å². The maximum atomic E-state index is 11.9. The molecular weight excluding hydrogens is 240 g/mol. The highest BCUT2D eigenvalue weighted by Crippen LogP contribution is 2.03. The lowest BCUT2D eigenvalue weighted by molar-refractivity contribution is 0.0807. The Balaban J connectivity index is 2.07. The Labute approximate surface area is 111 Å². The molecule has 0 unspecified atom stereocenters. The van der Waals surface area contributed by atoms with Gasteiger partial charge in [0.2, 0.25) is 0 Å². The molecule has 5 heteroatoms. The third kappa shape index (κ3) is 3.19. The third-order valence-corrected chi connectivity index (χ3v) is 2.62. The van der Waals surface area contributed by atoms with Crippen molar-refractivity contribution < 1.29 is 4.79 Å².